The Morgan fingerprint density at radius 3 is 2.65 bits per heavy atom. The molecule has 1 unspecified atom stereocenters. The normalized spacial score (nSPS) is 12.4. The topological polar surface area (TPSA) is 50.2 Å². The number of carboxylic acid groups (broad SMARTS) is 1. The van der Waals surface area contributed by atoms with Crippen molar-refractivity contribution >= 4 is 17.3 Å². The Kier molecular flexibility index (Phi) is 3.19. The molecule has 0 saturated heterocycles. The van der Waals surface area contributed by atoms with E-state index in [0.717, 1.165) is 5.56 Å². The van der Waals surface area contributed by atoms with Crippen molar-refractivity contribution in [3.8, 4) is 11.3 Å². The van der Waals surface area contributed by atoms with Gasteiger partial charge in [-0.05, 0) is 31.2 Å². The predicted octanol–water partition coefficient (Wildman–Crippen LogP) is 3.14. The van der Waals surface area contributed by atoms with E-state index in [1.807, 2.05) is 0 Å². The number of hydrogen-bond acceptors (Lipinski definition) is 3. The fraction of sp³-hybridized carbons (Fsp3) is 0.167. The van der Waals surface area contributed by atoms with Gasteiger partial charge >= 0.3 is 5.97 Å². The SMILES string of the molecule is CC(C(=O)O)c1nc(-c2ccc(F)cc2)cs1. The Morgan fingerprint density at radius 2 is 2.06 bits per heavy atom. The number of aliphatic carboxylic acids is 1. The third kappa shape index (κ3) is 2.50. The van der Waals surface area contributed by atoms with E-state index < -0.39 is 11.9 Å². The second-order valence-corrected chi connectivity index (χ2v) is 4.53. The summed E-state index contributed by atoms with van der Waals surface area (Å²) < 4.78 is 12.7. The fourth-order valence-electron chi connectivity index (χ4n) is 1.35. The lowest BCUT2D eigenvalue weighted by Crippen LogP contribution is -2.06. The molecule has 88 valence electrons. The molecule has 0 spiro atoms. The van der Waals surface area contributed by atoms with Crippen LogP contribution < -0.4 is 0 Å². The van der Waals surface area contributed by atoms with Crippen LogP contribution in [-0.2, 0) is 4.79 Å². The van der Waals surface area contributed by atoms with Gasteiger partial charge in [0.1, 0.15) is 16.7 Å². The minimum absolute atomic E-state index is 0.303. The second kappa shape index (κ2) is 4.63. The van der Waals surface area contributed by atoms with E-state index >= 15 is 0 Å². The molecule has 1 N–H and O–H groups in total. The summed E-state index contributed by atoms with van der Waals surface area (Å²) in [5, 5.41) is 11.2. The molecule has 5 heteroatoms. The highest BCUT2D eigenvalue weighted by Crippen LogP contribution is 2.26. The van der Waals surface area contributed by atoms with Crippen LogP contribution in [0.3, 0.4) is 0 Å². The third-order valence-electron chi connectivity index (χ3n) is 2.40. The number of nitrogens with zero attached hydrogens (tertiary/aromatic N) is 1. The molecule has 0 aliphatic carbocycles. The van der Waals surface area contributed by atoms with Gasteiger partial charge in [-0.1, -0.05) is 0 Å². The largest absolute Gasteiger partial charge is 0.481 e. The van der Waals surface area contributed by atoms with Crippen LogP contribution in [0.4, 0.5) is 4.39 Å². The number of thiazole rings is 1. The Balaban J connectivity index is 2.29. The number of carboxylic acids is 1. The quantitative estimate of drug-likeness (QED) is 0.911. The third-order valence-corrected chi connectivity index (χ3v) is 3.43. The molecule has 3 nitrogen and oxygen atoms in total. The highest BCUT2D eigenvalue weighted by Gasteiger charge is 2.17. The van der Waals surface area contributed by atoms with E-state index in [4.69, 9.17) is 5.11 Å². The van der Waals surface area contributed by atoms with Gasteiger partial charge in [-0.25, -0.2) is 9.37 Å². The van der Waals surface area contributed by atoms with Gasteiger partial charge < -0.3 is 5.11 Å². The molecule has 0 saturated carbocycles. The van der Waals surface area contributed by atoms with Crippen molar-refractivity contribution in [1.82, 2.24) is 4.98 Å². The summed E-state index contributed by atoms with van der Waals surface area (Å²) in [6, 6.07) is 5.96. The van der Waals surface area contributed by atoms with Gasteiger partial charge in [-0.3, -0.25) is 4.79 Å². The van der Waals surface area contributed by atoms with E-state index in [-0.39, 0.29) is 5.82 Å². The second-order valence-electron chi connectivity index (χ2n) is 3.64. The molecule has 2 aromatic rings. The molecule has 0 radical (unpaired) electrons. The number of benzene rings is 1. The van der Waals surface area contributed by atoms with Gasteiger partial charge in [0, 0.05) is 10.9 Å². The van der Waals surface area contributed by atoms with E-state index in [1.165, 1.54) is 23.5 Å². The summed E-state index contributed by atoms with van der Waals surface area (Å²) in [5.74, 6) is -1.82. The molecule has 1 atom stereocenters. The smallest absolute Gasteiger partial charge is 0.313 e. The number of aromatic nitrogens is 1. The number of rotatable bonds is 3. The lowest BCUT2D eigenvalue weighted by Gasteiger charge is -2.00. The molecule has 0 amide bonds. The molecule has 17 heavy (non-hydrogen) atoms. The predicted molar refractivity (Wildman–Crippen MR) is 63.6 cm³/mol. The molecule has 1 aromatic carbocycles. The van der Waals surface area contributed by atoms with Crippen LogP contribution in [0, 0.1) is 5.82 Å². The van der Waals surface area contributed by atoms with E-state index in [1.54, 1.807) is 24.4 Å². The molecule has 1 heterocycles. The average Bonchev–Trinajstić information content (AvgIpc) is 2.78. The monoisotopic (exact) mass is 251 g/mol. The van der Waals surface area contributed by atoms with Gasteiger partial charge in [0.2, 0.25) is 0 Å². The first-order chi connectivity index (χ1) is 8.08. The molecule has 0 bridgehead atoms. The lowest BCUT2D eigenvalue weighted by atomic mass is 10.1. The van der Waals surface area contributed by atoms with Gasteiger partial charge in [0.25, 0.3) is 0 Å². The van der Waals surface area contributed by atoms with Gasteiger partial charge in [-0.2, -0.15) is 0 Å². The van der Waals surface area contributed by atoms with E-state index in [2.05, 4.69) is 4.98 Å². The molecule has 0 fully saturated rings. The van der Waals surface area contributed by atoms with E-state index in [9.17, 15) is 9.18 Å². The van der Waals surface area contributed by atoms with Gasteiger partial charge in [-0.15, -0.1) is 11.3 Å². The summed E-state index contributed by atoms with van der Waals surface area (Å²) in [7, 11) is 0. The minimum Gasteiger partial charge on any atom is -0.481 e. The average molecular weight is 251 g/mol. The van der Waals surface area contributed by atoms with Crippen molar-refractivity contribution in [3.05, 3.63) is 40.5 Å². The summed E-state index contributed by atoms with van der Waals surface area (Å²) in [4.78, 5) is 15.1. The first-order valence-electron chi connectivity index (χ1n) is 5.02. The van der Waals surface area contributed by atoms with Crippen LogP contribution >= 0.6 is 11.3 Å². The van der Waals surface area contributed by atoms with Crippen LogP contribution in [0.15, 0.2) is 29.6 Å². The van der Waals surface area contributed by atoms with Crippen molar-refractivity contribution in [2.45, 2.75) is 12.8 Å². The number of carbonyl (C=O) groups is 1. The summed E-state index contributed by atoms with van der Waals surface area (Å²) in [6.45, 7) is 1.59. The maximum atomic E-state index is 12.7. The van der Waals surface area contributed by atoms with Crippen molar-refractivity contribution in [1.29, 1.82) is 0 Å². The highest BCUT2D eigenvalue weighted by molar-refractivity contribution is 7.10. The van der Waals surface area contributed by atoms with Crippen LogP contribution in [0.2, 0.25) is 0 Å². The zero-order chi connectivity index (χ0) is 12.4. The highest BCUT2D eigenvalue weighted by atomic mass is 32.1. The Morgan fingerprint density at radius 1 is 1.41 bits per heavy atom. The summed E-state index contributed by atoms with van der Waals surface area (Å²) in [6.07, 6.45) is 0. The Labute approximate surface area is 102 Å². The van der Waals surface area contributed by atoms with Crippen molar-refractivity contribution < 1.29 is 14.3 Å². The Hall–Kier alpha value is -1.75. The van der Waals surface area contributed by atoms with Crippen LogP contribution in [-0.4, -0.2) is 16.1 Å². The summed E-state index contributed by atoms with van der Waals surface area (Å²) >= 11 is 1.30. The zero-order valence-electron chi connectivity index (χ0n) is 9.05. The van der Waals surface area contributed by atoms with Crippen molar-refractivity contribution in [2.24, 2.45) is 0 Å². The standard InChI is InChI=1S/C12H10FNO2S/c1-7(12(15)16)11-14-10(6-17-11)8-2-4-9(13)5-3-8/h2-7H,1H3,(H,15,16). The molecule has 1 aromatic heterocycles. The molecular weight excluding hydrogens is 241 g/mol. The first kappa shape index (κ1) is 11.7. The maximum Gasteiger partial charge on any atom is 0.313 e. The number of hydrogen-bond donors (Lipinski definition) is 1. The molecule has 2 rings (SSSR count). The van der Waals surface area contributed by atoms with Crippen LogP contribution in [0.5, 0.6) is 0 Å². The molecule has 0 aliphatic rings. The fourth-order valence-corrected chi connectivity index (χ4v) is 2.22. The van der Waals surface area contributed by atoms with Crippen molar-refractivity contribution in [3.63, 3.8) is 0 Å². The first-order valence-corrected chi connectivity index (χ1v) is 5.90. The van der Waals surface area contributed by atoms with Gasteiger partial charge in [0.15, 0.2) is 0 Å². The number of halogens is 1. The van der Waals surface area contributed by atoms with Crippen LogP contribution in [0.1, 0.15) is 17.8 Å². The van der Waals surface area contributed by atoms with Crippen LogP contribution in [0.25, 0.3) is 11.3 Å². The van der Waals surface area contributed by atoms with Gasteiger partial charge in [0.05, 0.1) is 5.69 Å². The minimum atomic E-state index is -0.898. The zero-order valence-corrected chi connectivity index (χ0v) is 9.87. The molecule has 0 aliphatic heterocycles. The Bertz CT molecular complexity index is 536. The summed E-state index contributed by atoms with van der Waals surface area (Å²) in [5.41, 5.74) is 1.46. The lowest BCUT2D eigenvalue weighted by molar-refractivity contribution is -0.138. The van der Waals surface area contributed by atoms with Crippen molar-refractivity contribution in [2.75, 3.05) is 0 Å². The maximum absolute atomic E-state index is 12.7. The molecular formula is C12H10FNO2S. The van der Waals surface area contributed by atoms with E-state index in [0.29, 0.717) is 10.7 Å².